The highest BCUT2D eigenvalue weighted by Crippen LogP contribution is 2.29. The van der Waals surface area contributed by atoms with Crippen LogP contribution in [0.5, 0.6) is 23.0 Å². The number of hydrogen-bond donors (Lipinski definition) is 2. The molecule has 0 fully saturated rings. The van der Waals surface area contributed by atoms with Crippen molar-refractivity contribution in [2.45, 2.75) is 39.6 Å². The first kappa shape index (κ1) is 27.3. The van der Waals surface area contributed by atoms with Gasteiger partial charge in [0.25, 0.3) is 0 Å². The van der Waals surface area contributed by atoms with Crippen LogP contribution in [0.25, 0.3) is 0 Å². The van der Waals surface area contributed by atoms with E-state index < -0.39 is 0 Å². The van der Waals surface area contributed by atoms with Gasteiger partial charge in [0.1, 0.15) is 36.2 Å². The molecule has 0 aromatic heterocycles. The van der Waals surface area contributed by atoms with E-state index in [-0.39, 0.29) is 37.9 Å². The van der Waals surface area contributed by atoms with E-state index in [1.165, 1.54) is 0 Å². The number of benzene rings is 3. The maximum absolute atomic E-state index is 10.4. The third-order valence-electron chi connectivity index (χ3n) is 5.47. The zero-order valence-electron chi connectivity index (χ0n) is 21.2. The van der Waals surface area contributed by atoms with Crippen molar-refractivity contribution in [1.29, 1.82) is 0 Å². The first-order valence-electron chi connectivity index (χ1n) is 11.5. The highest BCUT2D eigenvalue weighted by Gasteiger charge is 2.12. The Bertz CT molecular complexity index is 990. The normalized spacial score (nSPS) is 11.0. The van der Waals surface area contributed by atoms with E-state index in [0.29, 0.717) is 47.0 Å². The van der Waals surface area contributed by atoms with Crippen molar-refractivity contribution in [3.05, 3.63) is 81.9 Å². The van der Waals surface area contributed by atoms with E-state index in [1.54, 1.807) is 28.4 Å². The van der Waals surface area contributed by atoms with Crippen molar-refractivity contribution < 1.29 is 38.6 Å². The van der Waals surface area contributed by atoms with Crippen molar-refractivity contribution in [1.82, 2.24) is 0 Å². The molecule has 0 spiro atoms. The number of aromatic hydroxyl groups is 2. The van der Waals surface area contributed by atoms with Gasteiger partial charge in [-0.1, -0.05) is 6.07 Å². The van der Waals surface area contributed by atoms with Crippen LogP contribution in [0.4, 0.5) is 0 Å². The number of ether oxygens (including phenoxy) is 6. The summed E-state index contributed by atoms with van der Waals surface area (Å²) in [5, 5.41) is 20.8. The van der Waals surface area contributed by atoms with E-state index in [1.807, 2.05) is 48.5 Å². The van der Waals surface area contributed by atoms with Crippen molar-refractivity contribution in [2.24, 2.45) is 0 Å². The van der Waals surface area contributed by atoms with Crippen LogP contribution >= 0.6 is 0 Å². The molecule has 194 valence electrons. The molecule has 0 aliphatic heterocycles. The molecule has 0 atom stereocenters. The Morgan fingerprint density at radius 3 is 1.14 bits per heavy atom. The zero-order valence-corrected chi connectivity index (χ0v) is 21.2. The second-order valence-electron chi connectivity index (χ2n) is 8.31. The first-order chi connectivity index (χ1) is 17.5. The van der Waals surface area contributed by atoms with E-state index in [9.17, 15) is 10.2 Å². The van der Waals surface area contributed by atoms with Gasteiger partial charge >= 0.3 is 0 Å². The topological polar surface area (TPSA) is 95.8 Å². The van der Waals surface area contributed by atoms with E-state index in [0.717, 1.165) is 11.1 Å². The molecular weight excluding hydrogens is 464 g/mol. The Kier molecular flexibility index (Phi) is 10.4. The summed E-state index contributed by atoms with van der Waals surface area (Å²) in [5.74, 6) is 1.64. The molecule has 3 aromatic carbocycles. The van der Waals surface area contributed by atoms with Gasteiger partial charge in [0.2, 0.25) is 0 Å². The number of hydrogen-bond acceptors (Lipinski definition) is 8. The molecule has 0 aliphatic carbocycles. The highest BCUT2D eigenvalue weighted by molar-refractivity contribution is 5.44. The average molecular weight is 499 g/mol. The molecule has 0 radical (unpaired) electrons. The van der Waals surface area contributed by atoms with Crippen LogP contribution in [-0.2, 0) is 58.6 Å². The minimum atomic E-state index is 0.175. The smallest absolute Gasteiger partial charge is 0.126 e. The summed E-state index contributed by atoms with van der Waals surface area (Å²) < 4.78 is 32.8. The molecule has 8 nitrogen and oxygen atoms in total. The second kappa shape index (κ2) is 13.7. The van der Waals surface area contributed by atoms with Crippen molar-refractivity contribution >= 4 is 0 Å². The van der Waals surface area contributed by atoms with Crippen LogP contribution < -0.4 is 9.47 Å². The van der Waals surface area contributed by atoms with Crippen LogP contribution in [0.15, 0.2) is 48.5 Å². The minimum absolute atomic E-state index is 0.175. The Labute approximate surface area is 211 Å². The monoisotopic (exact) mass is 498 g/mol. The van der Waals surface area contributed by atoms with Crippen LogP contribution in [0, 0.1) is 0 Å². The maximum Gasteiger partial charge on any atom is 0.126 e. The molecule has 0 bridgehead atoms. The molecule has 0 saturated heterocycles. The highest BCUT2D eigenvalue weighted by atomic mass is 16.5. The third kappa shape index (κ3) is 7.35. The van der Waals surface area contributed by atoms with Crippen LogP contribution in [-0.4, -0.2) is 38.7 Å². The minimum Gasteiger partial charge on any atom is -0.507 e. The van der Waals surface area contributed by atoms with Crippen LogP contribution in [0.1, 0.15) is 33.4 Å². The molecule has 0 heterocycles. The molecule has 0 amide bonds. The van der Waals surface area contributed by atoms with Crippen molar-refractivity contribution in [3.8, 4) is 23.0 Å². The number of methoxy groups -OCH3 is 4. The first-order valence-corrected chi connectivity index (χ1v) is 11.5. The number of phenols is 2. The van der Waals surface area contributed by atoms with E-state index in [2.05, 4.69) is 0 Å². The van der Waals surface area contributed by atoms with Crippen molar-refractivity contribution in [2.75, 3.05) is 28.4 Å². The van der Waals surface area contributed by atoms with Gasteiger partial charge in [0, 0.05) is 56.8 Å². The van der Waals surface area contributed by atoms with Gasteiger partial charge in [-0.25, -0.2) is 0 Å². The van der Waals surface area contributed by atoms with Gasteiger partial charge in [-0.2, -0.15) is 0 Å². The molecule has 3 aromatic rings. The van der Waals surface area contributed by atoms with Gasteiger partial charge in [-0.05, 0) is 47.5 Å². The summed E-state index contributed by atoms with van der Waals surface area (Å²) in [7, 11) is 6.33. The van der Waals surface area contributed by atoms with Crippen molar-refractivity contribution in [3.63, 3.8) is 0 Å². The largest absolute Gasteiger partial charge is 0.507 e. The van der Waals surface area contributed by atoms with Gasteiger partial charge in [-0.15, -0.1) is 0 Å². The molecule has 0 saturated carbocycles. The fourth-order valence-corrected chi connectivity index (χ4v) is 3.88. The van der Waals surface area contributed by atoms with Gasteiger partial charge < -0.3 is 38.6 Å². The average Bonchev–Trinajstić information content (AvgIpc) is 2.87. The van der Waals surface area contributed by atoms with E-state index in [4.69, 9.17) is 28.4 Å². The standard InChI is InChI=1S/C28H34O8/c1-31-15-21-8-19(9-22(16-32-2)27(21)29)13-35-25-6-5-7-26(12-25)36-14-20-10-23(17-33-3)28(30)24(11-20)18-34-4/h5-12,29-30H,13-18H2,1-4H3. The third-order valence-corrected chi connectivity index (χ3v) is 5.47. The lowest BCUT2D eigenvalue weighted by atomic mass is 10.0. The summed E-state index contributed by atoms with van der Waals surface area (Å²) in [6.45, 7) is 1.75. The number of phenolic OH excluding ortho intramolecular Hbond substituents is 2. The summed E-state index contributed by atoms with van der Waals surface area (Å²) >= 11 is 0. The Balaban J connectivity index is 1.69. The molecular formula is C28H34O8. The second-order valence-corrected chi connectivity index (χ2v) is 8.31. The molecule has 3 rings (SSSR count). The van der Waals surface area contributed by atoms with Crippen LogP contribution in [0.2, 0.25) is 0 Å². The number of rotatable bonds is 14. The fraction of sp³-hybridized carbons (Fsp3) is 0.357. The predicted octanol–water partition coefficient (Wildman–Crippen LogP) is 4.84. The molecule has 8 heteroatoms. The summed E-state index contributed by atoms with van der Waals surface area (Å²) in [5.41, 5.74) is 4.49. The summed E-state index contributed by atoms with van der Waals surface area (Å²) in [4.78, 5) is 0. The van der Waals surface area contributed by atoms with Gasteiger partial charge in [0.05, 0.1) is 26.4 Å². The summed E-state index contributed by atoms with van der Waals surface area (Å²) in [6.07, 6.45) is 0. The molecule has 36 heavy (non-hydrogen) atoms. The lowest BCUT2D eigenvalue weighted by molar-refractivity contribution is 0.174. The van der Waals surface area contributed by atoms with E-state index >= 15 is 0 Å². The Hall–Kier alpha value is -3.30. The van der Waals surface area contributed by atoms with Crippen LogP contribution in [0.3, 0.4) is 0 Å². The predicted molar refractivity (Wildman–Crippen MR) is 134 cm³/mol. The molecule has 2 N–H and O–H groups in total. The zero-order chi connectivity index (χ0) is 25.9. The van der Waals surface area contributed by atoms with Gasteiger partial charge in [-0.3, -0.25) is 0 Å². The fourth-order valence-electron chi connectivity index (χ4n) is 3.88. The lowest BCUT2D eigenvalue weighted by Gasteiger charge is -2.15. The quantitative estimate of drug-likeness (QED) is 0.326. The summed E-state index contributed by atoms with van der Waals surface area (Å²) in [6, 6.07) is 14.8. The van der Waals surface area contributed by atoms with Gasteiger partial charge in [0.15, 0.2) is 0 Å². The Morgan fingerprint density at radius 1 is 0.500 bits per heavy atom. The molecule has 0 unspecified atom stereocenters. The maximum atomic E-state index is 10.4. The molecule has 0 aliphatic rings. The lowest BCUT2D eigenvalue weighted by Crippen LogP contribution is -2.02. The SMILES string of the molecule is COCc1cc(COc2cccc(OCc3cc(COC)c(O)c(COC)c3)c2)cc(COC)c1O. The Morgan fingerprint density at radius 2 is 0.833 bits per heavy atom.